The smallest absolute Gasteiger partial charge is 0.157 e. The zero-order chi connectivity index (χ0) is 32.2. The maximum Gasteiger partial charge on any atom is 0.157 e. The molecule has 0 amide bonds. The van der Waals surface area contributed by atoms with Gasteiger partial charge in [-0.05, 0) is 78.2 Å². The fourth-order valence-corrected chi connectivity index (χ4v) is 6.92. The zero-order valence-electron chi connectivity index (χ0n) is 29.1. The molecule has 2 aromatic heterocycles. The largest absolute Gasteiger partial charge is 0.690 e. The Bertz CT molecular complexity index is 1620. The van der Waals surface area contributed by atoms with E-state index >= 15 is 0 Å². The standard InChI is InChI=1S/C26H26NO.C14H27NO.Ir/c1-16-15-19-21(26(4,5)13-12-25(19,2)3)20-18-11-14-27-22(24(18)28-23(16)20)17-9-7-6-8-10-17;1-6-11(7-2)13(15-5)10-14(16)12(8-3)9-4;/h6-9,11,14-15H,12-13H2,1-5H3;10-12H,6-9H2,1-5H3,(H,15,16);/q-1;;/p-1. The molecular weight excluding hydrogens is 733 g/mol. The molecule has 0 aliphatic heterocycles. The number of benzene rings is 2. The Morgan fingerprint density at radius 2 is 1.62 bits per heavy atom. The molecule has 0 atom stereocenters. The van der Waals surface area contributed by atoms with Gasteiger partial charge >= 0.3 is 0 Å². The number of carbonyl (C=O) groups excluding carboxylic acids is 1. The summed E-state index contributed by atoms with van der Waals surface area (Å²) in [6.45, 7) is 20.1. The number of nitrogens with zero attached hydrogens (tertiary/aromatic N) is 2. The van der Waals surface area contributed by atoms with Gasteiger partial charge in [-0.1, -0.05) is 74.3 Å². The number of hydrogen-bond acceptors (Lipinski definition) is 3. The van der Waals surface area contributed by atoms with Gasteiger partial charge in [0.25, 0.3) is 0 Å². The molecule has 5 rings (SSSR count). The van der Waals surface area contributed by atoms with Crippen molar-refractivity contribution in [1.82, 2.24) is 4.98 Å². The molecule has 245 valence electrons. The van der Waals surface area contributed by atoms with Crippen LogP contribution in [0.1, 0.15) is 111 Å². The average molecular weight is 785 g/mol. The first-order valence-electron chi connectivity index (χ1n) is 16.6. The predicted octanol–water partition coefficient (Wildman–Crippen LogP) is 11.4. The Labute approximate surface area is 285 Å². The molecule has 1 aliphatic rings. The minimum absolute atomic E-state index is 0. The Hall–Kier alpha value is -2.75. The number of allylic oxidation sites excluding steroid dienone is 2. The molecule has 1 aliphatic carbocycles. The van der Waals surface area contributed by atoms with Crippen molar-refractivity contribution < 1.29 is 29.3 Å². The van der Waals surface area contributed by atoms with Crippen LogP contribution in [0.3, 0.4) is 0 Å². The second-order valence-corrected chi connectivity index (χ2v) is 13.7. The molecule has 0 saturated heterocycles. The summed E-state index contributed by atoms with van der Waals surface area (Å²) in [5, 5.41) is 6.71. The van der Waals surface area contributed by atoms with Gasteiger partial charge in [0.2, 0.25) is 0 Å². The van der Waals surface area contributed by atoms with Gasteiger partial charge in [-0.2, -0.15) is 5.70 Å². The molecule has 5 heteroatoms. The van der Waals surface area contributed by atoms with Crippen LogP contribution in [0, 0.1) is 24.8 Å². The van der Waals surface area contributed by atoms with Crippen molar-refractivity contribution in [2.45, 2.75) is 112 Å². The number of hydrogen-bond donors (Lipinski definition) is 0. The molecule has 4 aromatic rings. The van der Waals surface area contributed by atoms with Crippen LogP contribution >= 0.6 is 0 Å². The quantitative estimate of drug-likeness (QED) is 0.125. The summed E-state index contributed by atoms with van der Waals surface area (Å²) in [6.07, 6.45) is 10.0. The zero-order valence-corrected chi connectivity index (χ0v) is 31.5. The number of pyridine rings is 1. The van der Waals surface area contributed by atoms with Crippen LogP contribution in [-0.4, -0.2) is 17.8 Å². The van der Waals surface area contributed by atoms with Crippen molar-refractivity contribution in [3.8, 4) is 11.3 Å². The monoisotopic (exact) mass is 785 g/mol. The van der Waals surface area contributed by atoms with E-state index in [-0.39, 0.29) is 42.6 Å². The van der Waals surface area contributed by atoms with Gasteiger partial charge in [-0.25, -0.2) is 0 Å². The Kier molecular flexibility index (Phi) is 12.4. The normalized spacial score (nSPS) is 15.4. The summed E-state index contributed by atoms with van der Waals surface area (Å²) < 4.78 is 6.51. The average Bonchev–Trinajstić information content (AvgIpc) is 3.41. The van der Waals surface area contributed by atoms with Gasteiger partial charge < -0.3 is 14.7 Å². The van der Waals surface area contributed by atoms with Gasteiger partial charge in [0, 0.05) is 48.7 Å². The maximum atomic E-state index is 12.0. The van der Waals surface area contributed by atoms with Crippen molar-refractivity contribution >= 4 is 27.7 Å². The Morgan fingerprint density at radius 3 is 2.20 bits per heavy atom. The Morgan fingerprint density at radius 1 is 0.978 bits per heavy atom. The molecule has 4 nitrogen and oxygen atoms in total. The van der Waals surface area contributed by atoms with Gasteiger partial charge in [0.1, 0.15) is 11.2 Å². The van der Waals surface area contributed by atoms with Crippen LogP contribution in [0.4, 0.5) is 0 Å². The summed E-state index contributed by atoms with van der Waals surface area (Å²) in [5.41, 5.74) is 9.12. The van der Waals surface area contributed by atoms with Crippen LogP contribution < -0.4 is 0 Å². The van der Waals surface area contributed by atoms with Gasteiger partial charge in [0.05, 0.1) is 0 Å². The number of rotatable bonds is 9. The van der Waals surface area contributed by atoms with Crippen LogP contribution in [0.15, 0.2) is 58.8 Å². The molecule has 2 heterocycles. The van der Waals surface area contributed by atoms with Gasteiger partial charge in [0.15, 0.2) is 5.78 Å². The van der Waals surface area contributed by atoms with E-state index in [0.29, 0.717) is 5.92 Å². The fourth-order valence-electron chi connectivity index (χ4n) is 6.92. The molecule has 2 aromatic carbocycles. The molecule has 45 heavy (non-hydrogen) atoms. The summed E-state index contributed by atoms with van der Waals surface area (Å²) in [4.78, 5) is 16.6. The van der Waals surface area contributed by atoms with Gasteiger partial charge in [-0.3, -0.25) is 4.79 Å². The SMILES string of the molecule is CCC(CC)C(=O)/C=C(\[N-]C)C(CC)CC.Cc1cc2c(c3c1oc1c(-c4[c-]cccc4)nccc13)C(C)(C)CCC2(C)C.[Ir]. The Balaban J connectivity index is 0.000000282. The number of furan rings is 1. The van der Waals surface area contributed by atoms with Crippen molar-refractivity contribution in [2.75, 3.05) is 7.05 Å². The third-order valence-electron chi connectivity index (χ3n) is 9.93. The maximum absolute atomic E-state index is 12.0. The fraction of sp³-hybridized carbons (Fsp3) is 0.500. The molecular formula is C40H52IrN2O2-2. The van der Waals surface area contributed by atoms with Crippen molar-refractivity contribution in [3.05, 3.63) is 82.4 Å². The predicted molar refractivity (Wildman–Crippen MR) is 186 cm³/mol. The molecule has 1 radical (unpaired) electrons. The minimum atomic E-state index is 0. The molecule has 0 bridgehead atoms. The second-order valence-electron chi connectivity index (χ2n) is 13.7. The number of aryl methyl sites for hydroxylation is 1. The summed E-state index contributed by atoms with van der Waals surface area (Å²) in [7, 11) is 1.78. The van der Waals surface area contributed by atoms with Crippen molar-refractivity contribution in [2.24, 2.45) is 11.8 Å². The summed E-state index contributed by atoms with van der Waals surface area (Å²) in [6, 6.07) is 15.8. The van der Waals surface area contributed by atoms with Crippen molar-refractivity contribution in [1.29, 1.82) is 0 Å². The molecule has 0 unspecified atom stereocenters. The molecule has 0 N–H and O–H groups in total. The number of carbonyl (C=O) groups is 1. The van der Waals surface area contributed by atoms with E-state index in [0.717, 1.165) is 53.8 Å². The first-order valence-corrected chi connectivity index (χ1v) is 16.6. The molecule has 0 spiro atoms. The van der Waals surface area contributed by atoms with E-state index in [9.17, 15) is 4.79 Å². The number of aromatic nitrogens is 1. The van der Waals surface area contributed by atoms with E-state index in [2.05, 4.69) is 90.8 Å². The van der Waals surface area contributed by atoms with Crippen LogP contribution in [0.25, 0.3) is 38.5 Å². The van der Waals surface area contributed by atoms with Crippen molar-refractivity contribution in [3.63, 3.8) is 0 Å². The molecule has 0 saturated carbocycles. The topological polar surface area (TPSA) is 57.2 Å². The first kappa shape index (κ1) is 36.7. The van der Waals surface area contributed by atoms with E-state index < -0.39 is 0 Å². The molecule has 0 fully saturated rings. The third-order valence-corrected chi connectivity index (χ3v) is 9.93. The van der Waals surface area contributed by atoms with Crippen LogP contribution in [-0.2, 0) is 35.7 Å². The van der Waals surface area contributed by atoms with Crippen LogP contribution in [0.2, 0.25) is 0 Å². The summed E-state index contributed by atoms with van der Waals surface area (Å²) >= 11 is 0. The number of ketones is 1. The van der Waals surface area contributed by atoms with E-state index in [1.54, 1.807) is 13.1 Å². The van der Waals surface area contributed by atoms with E-state index in [1.165, 1.54) is 40.3 Å². The summed E-state index contributed by atoms with van der Waals surface area (Å²) in [5.74, 6) is 0.854. The third kappa shape index (κ3) is 7.47. The van der Waals surface area contributed by atoms with E-state index in [4.69, 9.17) is 4.42 Å². The van der Waals surface area contributed by atoms with Gasteiger partial charge in [-0.15, -0.1) is 42.9 Å². The number of fused-ring (bicyclic) bond motifs is 5. The van der Waals surface area contributed by atoms with Crippen LogP contribution in [0.5, 0.6) is 0 Å². The minimum Gasteiger partial charge on any atom is -0.690 e. The second kappa shape index (κ2) is 15.2. The van der Waals surface area contributed by atoms with E-state index in [1.807, 2.05) is 30.5 Å². The first-order chi connectivity index (χ1) is 20.9.